The summed E-state index contributed by atoms with van der Waals surface area (Å²) in [7, 11) is 0. The lowest BCUT2D eigenvalue weighted by Gasteiger charge is -2.10. The molecule has 0 radical (unpaired) electrons. The monoisotopic (exact) mass is 333 g/mol. The zero-order valence-electron chi connectivity index (χ0n) is 9.48. The third kappa shape index (κ3) is 3.07. The van der Waals surface area contributed by atoms with E-state index in [0.717, 1.165) is 4.47 Å². The fourth-order valence-electron chi connectivity index (χ4n) is 1.57. The van der Waals surface area contributed by atoms with Crippen molar-refractivity contribution in [3.63, 3.8) is 0 Å². The van der Waals surface area contributed by atoms with Crippen molar-refractivity contribution in [2.24, 2.45) is 0 Å². The highest BCUT2D eigenvalue weighted by Crippen LogP contribution is 2.24. The van der Waals surface area contributed by atoms with Crippen LogP contribution < -0.4 is 5.32 Å². The molecule has 6 heteroatoms. The topological polar surface area (TPSA) is 12.0 Å². The molecule has 0 unspecified atom stereocenters. The van der Waals surface area contributed by atoms with Gasteiger partial charge in [0, 0.05) is 17.1 Å². The average molecular weight is 334 g/mol. The first-order valence-corrected chi connectivity index (χ1v) is 6.09. The summed E-state index contributed by atoms with van der Waals surface area (Å²) in [5.74, 6) is -5.74. The SMILES string of the molecule is Fc1cc(F)c(F)c(NCc2cccc(Br)c2)c1F. The second-order valence-corrected chi connectivity index (χ2v) is 4.74. The predicted molar refractivity (Wildman–Crippen MR) is 67.7 cm³/mol. The second kappa shape index (κ2) is 5.61. The number of benzene rings is 2. The van der Waals surface area contributed by atoms with Gasteiger partial charge >= 0.3 is 0 Å². The molecule has 0 aromatic heterocycles. The Morgan fingerprint density at radius 3 is 2.16 bits per heavy atom. The summed E-state index contributed by atoms with van der Waals surface area (Å²) in [5, 5.41) is 2.36. The van der Waals surface area contributed by atoms with Crippen molar-refractivity contribution >= 4 is 21.6 Å². The van der Waals surface area contributed by atoms with Gasteiger partial charge in [0.05, 0.1) is 0 Å². The van der Waals surface area contributed by atoms with Crippen LogP contribution >= 0.6 is 15.9 Å². The van der Waals surface area contributed by atoms with Gasteiger partial charge in [-0.3, -0.25) is 0 Å². The van der Waals surface area contributed by atoms with Crippen LogP contribution in [0.2, 0.25) is 0 Å². The van der Waals surface area contributed by atoms with Gasteiger partial charge in [0.1, 0.15) is 5.69 Å². The Morgan fingerprint density at radius 1 is 0.947 bits per heavy atom. The van der Waals surface area contributed by atoms with E-state index in [1.165, 1.54) is 0 Å². The van der Waals surface area contributed by atoms with Gasteiger partial charge in [-0.2, -0.15) is 0 Å². The van der Waals surface area contributed by atoms with Crippen LogP contribution in [0.25, 0.3) is 0 Å². The second-order valence-electron chi connectivity index (χ2n) is 3.83. The maximum atomic E-state index is 13.4. The molecule has 0 saturated heterocycles. The van der Waals surface area contributed by atoms with Crippen molar-refractivity contribution in [3.05, 3.63) is 63.6 Å². The number of hydrogen-bond acceptors (Lipinski definition) is 1. The molecule has 1 nitrogen and oxygen atoms in total. The minimum absolute atomic E-state index is 0.0379. The smallest absolute Gasteiger partial charge is 0.185 e. The molecule has 0 aliphatic heterocycles. The van der Waals surface area contributed by atoms with E-state index < -0.39 is 29.0 Å². The van der Waals surface area contributed by atoms with Crippen LogP contribution in [0.3, 0.4) is 0 Å². The summed E-state index contributed by atoms with van der Waals surface area (Å²) in [6.07, 6.45) is 0. The molecule has 0 spiro atoms. The van der Waals surface area contributed by atoms with Crippen molar-refractivity contribution in [1.29, 1.82) is 0 Å². The van der Waals surface area contributed by atoms with Gasteiger partial charge in [-0.1, -0.05) is 28.1 Å². The minimum Gasteiger partial charge on any atom is -0.376 e. The summed E-state index contributed by atoms with van der Waals surface area (Å²) < 4.78 is 53.5. The predicted octanol–water partition coefficient (Wildman–Crippen LogP) is 4.62. The fraction of sp³-hybridized carbons (Fsp3) is 0.0769. The van der Waals surface area contributed by atoms with Crippen LogP contribution in [0.4, 0.5) is 23.2 Å². The molecule has 100 valence electrons. The Labute approximate surface area is 115 Å². The number of hydrogen-bond donors (Lipinski definition) is 1. The molecule has 0 saturated carbocycles. The molecular formula is C13H8BrF4N. The fourth-order valence-corrected chi connectivity index (χ4v) is 2.01. The van der Waals surface area contributed by atoms with Gasteiger partial charge in [0.25, 0.3) is 0 Å². The minimum atomic E-state index is -1.44. The quantitative estimate of drug-likeness (QED) is 0.638. The van der Waals surface area contributed by atoms with Gasteiger partial charge in [-0.05, 0) is 17.7 Å². The van der Waals surface area contributed by atoms with E-state index in [1.807, 2.05) is 0 Å². The van der Waals surface area contributed by atoms with Crippen molar-refractivity contribution in [2.45, 2.75) is 6.54 Å². The summed E-state index contributed by atoms with van der Waals surface area (Å²) in [5.41, 5.74) is -0.102. The lowest BCUT2D eigenvalue weighted by atomic mass is 10.2. The lowest BCUT2D eigenvalue weighted by molar-refractivity contribution is 0.458. The van der Waals surface area contributed by atoms with Gasteiger partial charge in [-0.25, -0.2) is 17.6 Å². The normalized spacial score (nSPS) is 10.6. The zero-order chi connectivity index (χ0) is 14.0. The lowest BCUT2D eigenvalue weighted by Crippen LogP contribution is -2.07. The van der Waals surface area contributed by atoms with Gasteiger partial charge in [0.15, 0.2) is 23.3 Å². The standard InChI is InChI=1S/C13H8BrF4N/c14-8-3-1-2-7(4-8)6-19-13-11(17)9(15)5-10(16)12(13)18/h1-5,19H,6H2. The van der Waals surface area contributed by atoms with Crippen LogP contribution in [0.15, 0.2) is 34.8 Å². The summed E-state index contributed by atoms with van der Waals surface area (Å²) >= 11 is 3.24. The third-order valence-corrected chi connectivity index (χ3v) is 2.96. The molecule has 0 aliphatic rings. The van der Waals surface area contributed by atoms with E-state index in [0.29, 0.717) is 5.56 Å². The number of rotatable bonds is 3. The molecule has 2 aromatic carbocycles. The molecular weight excluding hydrogens is 326 g/mol. The summed E-state index contributed by atoms with van der Waals surface area (Å²) in [6.45, 7) is 0.0379. The molecule has 0 heterocycles. The molecule has 2 aromatic rings. The first-order valence-electron chi connectivity index (χ1n) is 5.30. The Kier molecular flexibility index (Phi) is 4.09. The van der Waals surface area contributed by atoms with Crippen LogP contribution in [-0.4, -0.2) is 0 Å². The molecule has 19 heavy (non-hydrogen) atoms. The average Bonchev–Trinajstić information content (AvgIpc) is 2.36. The van der Waals surface area contributed by atoms with Gasteiger partial charge in [-0.15, -0.1) is 0 Å². The number of halogens is 5. The van der Waals surface area contributed by atoms with Crippen molar-refractivity contribution in [3.8, 4) is 0 Å². The molecule has 0 aliphatic carbocycles. The molecule has 0 atom stereocenters. The molecule has 0 amide bonds. The van der Waals surface area contributed by atoms with E-state index in [1.54, 1.807) is 24.3 Å². The largest absolute Gasteiger partial charge is 0.376 e. The van der Waals surface area contributed by atoms with E-state index in [-0.39, 0.29) is 12.6 Å². The number of anilines is 1. The third-order valence-electron chi connectivity index (χ3n) is 2.47. The summed E-state index contributed by atoms with van der Waals surface area (Å²) in [4.78, 5) is 0. The number of nitrogens with one attached hydrogen (secondary N) is 1. The molecule has 0 fully saturated rings. The Bertz CT molecular complexity index is 590. The van der Waals surface area contributed by atoms with Crippen LogP contribution in [-0.2, 0) is 6.54 Å². The zero-order valence-corrected chi connectivity index (χ0v) is 11.1. The first-order chi connectivity index (χ1) is 8.99. The maximum absolute atomic E-state index is 13.4. The van der Waals surface area contributed by atoms with Crippen LogP contribution in [0, 0.1) is 23.3 Å². The van der Waals surface area contributed by atoms with E-state index in [9.17, 15) is 17.6 Å². The highest BCUT2D eigenvalue weighted by molar-refractivity contribution is 9.10. The van der Waals surface area contributed by atoms with Crippen LogP contribution in [0.1, 0.15) is 5.56 Å². The Morgan fingerprint density at radius 2 is 1.58 bits per heavy atom. The van der Waals surface area contributed by atoms with E-state index in [2.05, 4.69) is 21.2 Å². The highest BCUT2D eigenvalue weighted by Gasteiger charge is 2.18. The van der Waals surface area contributed by atoms with Crippen molar-refractivity contribution < 1.29 is 17.6 Å². The van der Waals surface area contributed by atoms with Gasteiger partial charge in [0.2, 0.25) is 0 Å². The first kappa shape index (κ1) is 13.9. The summed E-state index contributed by atoms with van der Waals surface area (Å²) in [6, 6.07) is 7.13. The van der Waals surface area contributed by atoms with Crippen LogP contribution in [0.5, 0.6) is 0 Å². The molecule has 1 N–H and O–H groups in total. The van der Waals surface area contributed by atoms with E-state index in [4.69, 9.17) is 0 Å². The Hall–Kier alpha value is -1.56. The Balaban J connectivity index is 2.25. The van der Waals surface area contributed by atoms with Crippen molar-refractivity contribution in [1.82, 2.24) is 0 Å². The maximum Gasteiger partial charge on any atom is 0.185 e. The molecule has 2 rings (SSSR count). The van der Waals surface area contributed by atoms with Gasteiger partial charge < -0.3 is 5.32 Å². The van der Waals surface area contributed by atoms with E-state index >= 15 is 0 Å². The van der Waals surface area contributed by atoms with Crippen molar-refractivity contribution in [2.75, 3.05) is 5.32 Å². The molecule has 0 bridgehead atoms. The highest BCUT2D eigenvalue weighted by atomic mass is 79.9.